The highest BCUT2D eigenvalue weighted by atomic mass is 35.5. The third-order valence-electron chi connectivity index (χ3n) is 3.35. The van der Waals surface area contributed by atoms with Crippen molar-refractivity contribution in [1.29, 1.82) is 0 Å². The summed E-state index contributed by atoms with van der Waals surface area (Å²) in [5.41, 5.74) is 4.67. The number of nitrogen functional groups attached to an aromatic ring is 1. The lowest BCUT2D eigenvalue weighted by atomic mass is 10.2. The number of hydrogen-bond donors (Lipinski definition) is 2. The van der Waals surface area contributed by atoms with Gasteiger partial charge in [-0.25, -0.2) is 10.8 Å². The summed E-state index contributed by atoms with van der Waals surface area (Å²) in [6.07, 6.45) is 1.56. The van der Waals surface area contributed by atoms with Crippen LogP contribution < -0.4 is 21.1 Å². The number of nitrogens with one attached hydrogen (secondary N) is 1. The number of benzene rings is 1. The minimum Gasteiger partial charge on any atom is -0.371 e. The Labute approximate surface area is 122 Å². The van der Waals surface area contributed by atoms with E-state index in [0.717, 1.165) is 24.5 Å². The lowest BCUT2D eigenvalue weighted by Crippen LogP contribution is -2.37. The summed E-state index contributed by atoms with van der Waals surface area (Å²) in [6.45, 7) is 1.69. The first-order valence-corrected chi connectivity index (χ1v) is 6.65. The number of hydrazine groups is 1. The molecule has 3 N–H and O–H groups in total. The van der Waals surface area contributed by atoms with Crippen LogP contribution in [0.4, 0.5) is 23.1 Å². The molecule has 1 aromatic carbocycles. The highest BCUT2D eigenvalue weighted by molar-refractivity contribution is 6.33. The molecule has 3 rings (SSSR count). The second-order valence-corrected chi connectivity index (χ2v) is 4.98. The summed E-state index contributed by atoms with van der Waals surface area (Å²) in [6, 6.07) is 8.16. The Morgan fingerprint density at radius 3 is 2.75 bits per heavy atom. The highest BCUT2D eigenvalue weighted by Gasteiger charge is 2.24. The van der Waals surface area contributed by atoms with Crippen LogP contribution in [0.25, 0.3) is 0 Å². The van der Waals surface area contributed by atoms with Crippen LogP contribution in [0.2, 0.25) is 5.02 Å². The predicted octanol–water partition coefficient (Wildman–Crippen LogP) is 2.00. The maximum Gasteiger partial charge on any atom is 0.239 e. The molecular formula is C13H15ClN6. The van der Waals surface area contributed by atoms with Crippen molar-refractivity contribution in [2.75, 3.05) is 35.4 Å². The Morgan fingerprint density at radius 2 is 2.00 bits per heavy atom. The summed E-state index contributed by atoms with van der Waals surface area (Å²) >= 11 is 6.24. The van der Waals surface area contributed by atoms with E-state index in [1.54, 1.807) is 6.20 Å². The molecule has 104 valence electrons. The average Bonchev–Trinajstić information content (AvgIpc) is 2.49. The number of nitrogens with two attached hydrogens (primary N) is 1. The third kappa shape index (κ3) is 2.13. The Morgan fingerprint density at radius 1 is 1.25 bits per heavy atom. The van der Waals surface area contributed by atoms with Gasteiger partial charge in [-0.2, -0.15) is 4.98 Å². The highest BCUT2D eigenvalue weighted by Crippen LogP contribution is 2.38. The molecule has 7 heteroatoms. The third-order valence-corrected chi connectivity index (χ3v) is 3.62. The summed E-state index contributed by atoms with van der Waals surface area (Å²) in [7, 11) is 2.07. The van der Waals surface area contributed by atoms with Crippen molar-refractivity contribution < 1.29 is 0 Å². The van der Waals surface area contributed by atoms with E-state index in [1.807, 2.05) is 12.1 Å². The number of aromatic nitrogens is 2. The van der Waals surface area contributed by atoms with Gasteiger partial charge in [0.05, 0.1) is 17.6 Å². The minimum absolute atomic E-state index is 0.348. The van der Waals surface area contributed by atoms with Crippen molar-refractivity contribution in [2.24, 2.45) is 5.84 Å². The maximum atomic E-state index is 6.24. The normalized spacial score (nSPS) is 14.2. The van der Waals surface area contributed by atoms with Gasteiger partial charge in [0.1, 0.15) is 5.02 Å². The Bertz CT molecular complexity index is 632. The van der Waals surface area contributed by atoms with Gasteiger partial charge < -0.3 is 9.80 Å². The fraction of sp³-hybridized carbons (Fsp3) is 0.231. The molecule has 2 aromatic rings. The quantitative estimate of drug-likeness (QED) is 0.651. The van der Waals surface area contributed by atoms with Gasteiger partial charge in [-0.05, 0) is 12.1 Å². The fourth-order valence-electron chi connectivity index (χ4n) is 2.34. The second kappa shape index (κ2) is 5.15. The van der Waals surface area contributed by atoms with Crippen LogP contribution in [-0.2, 0) is 0 Å². The van der Waals surface area contributed by atoms with Crippen LogP contribution in [0.1, 0.15) is 0 Å². The average molecular weight is 291 g/mol. The van der Waals surface area contributed by atoms with E-state index in [4.69, 9.17) is 17.4 Å². The molecule has 6 nitrogen and oxygen atoms in total. The Kier molecular flexibility index (Phi) is 3.33. The van der Waals surface area contributed by atoms with Gasteiger partial charge >= 0.3 is 0 Å². The summed E-state index contributed by atoms with van der Waals surface area (Å²) < 4.78 is 0. The van der Waals surface area contributed by atoms with Crippen molar-refractivity contribution in [2.45, 2.75) is 0 Å². The van der Waals surface area contributed by atoms with Crippen molar-refractivity contribution in [3.05, 3.63) is 35.5 Å². The van der Waals surface area contributed by atoms with Crippen molar-refractivity contribution in [3.8, 4) is 0 Å². The standard InChI is InChI=1S/C13H15ClN6/c1-19-6-7-20(11-5-3-2-4-10(11)19)12-9(14)8-16-13(17-12)18-15/h2-5,8H,6-7,15H2,1H3,(H,16,17,18). The number of likely N-dealkylation sites (N-methyl/N-ethyl adjacent to an activating group) is 1. The smallest absolute Gasteiger partial charge is 0.239 e. The van der Waals surface area contributed by atoms with E-state index in [2.05, 4.69) is 44.4 Å². The molecule has 0 saturated carbocycles. The van der Waals surface area contributed by atoms with E-state index in [0.29, 0.717) is 16.8 Å². The van der Waals surface area contributed by atoms with Gasteiger partial charge in [0.25, 0.3) is 0 Å². The SMILES string of the molecule is CN1CCN(c2nc(NN)ncc2Cl)c2ccccc21. The van der Waals surface area contributed by atoms with Gasteiger partial charge in [-0.15, -0.1) is 0 Å². The van der Waals surface area contributed by atoms with Crippen LogP contribution >= 0.6 is 11.6 Å². The molecule has 0 aliphatic carbocycles. The van der Waals surface area contributed by atoms with Crippen LogP contribution in [-0.4, -0.2) is 30.1 Å². The molecule has 0 atom stereocenters. The number of anilines is 4. The number of rotatable bonds is 2. The molecule has 0 spiro atoms. The number of fused-ring (bicyclic) bond motifs is 1. The number of para-hydroxylation sites is 2. The fourth-order valence-corrected chi connectivity index (χ4v) is 2.54. The maximum absolute atomic E-state index is 6.24. The first kappa shape index (κ1) is 13.0. The molecule has 0 saturated heterocycles. The monoisotopic (exact) mass is 290 g/mol. The molecule has 0 fully saturated rings. The molecule has 0 bridgehead atoms. The zero-order chi connectivity index (χ0) is 14.1. The predicted molar refractivity (Wildman–Crippen MR) is 81.6 cm³/mol. The van der Waals surface area contributed by atoms with E-state index in [1.165, 1.54) is 0 Å². The lowest BCUT2D eigenvalue weighted by Gasteiger charge is -2.36. The van der Waals surface area contributed by atoms with Crippen molar-refractivity contribution in [1.82, 2.24) is 9.97 Å². The zero-order valence-corrected chi connectivity index (χ0v) is 11.8. The van der Waals surface area contributed by atoms with Crippen molar-refractivity contribution in [3.63, 3.8) is 0 Å². The van der Waals surface area contributed by atoms with Crippen LogP contribution in [0.5, 0.6) is 0 Å². The van der Waals surface area contributed by atoms with Crippen LogP contribution in [0.15, 0.2) is 30.5 Å². The molecule has 20 heavy (non-hydrogen) atoms. The topological polar surface area (TPSA) is 70.3 Å². The van der Waals surface area contributed by atoms with Crippen molar-refractivity contribution >= 4 is 34.7 Å². The van der Waals surface area contributed by atoms with E-state index < -0.39 is 0 Å². The molecule has 0 radical (unpaired) electrons. The Hall–Kier alpha value is -2.05. The molecule has 1 aromatic heterocycles. The second-order valence-electron chi connectivity index (χ2n) is 4.57. The zero-order valence-electron chi connectivity index (χ0n) is 11.0. The van der Waals surface area contributed by atoms with Gasteiger partial charge in [0, 0.05) is 20.1 Å². The molecule has 1 aliphatic rings. The molecule has 0 unspecified atom stereocenters. The molecule has 0 amide bonds. The number of nitrogens with zero attached hydrogens (tertiary/aromatic N) is 4. The molecule has 2 heterocycles. The van der Waals surface area contributed by atoms with E-state index in [9.17, 15) is 0 Å². The first-order valence-electron chi connectivity index (χ1n) is 6.27. The van der Waals surface area contributed by atoms with Gasteiger partial charge in [-0.1, -0.05) is 23.7 Å². The first-order chi connectivity index (χ1) is 9.70. The summed E-state index contributed by atoms with van der Waals surface area (Å²) in [4.78, 5) is 12.7. The van der Waals surface area contributed by atoms with Gasteiger partial charge in [-0.3, -0.25) is 5.43 Å². The Balaban J connectivity index is 2.10. The summed E-state index contributed by atoms with van der Waals surface area (Å²) in [5.74, 6) is 6.38. The van der Waals surface area contributed by atoms with E-state index >= 15 is 0 Å². The van der Waals surface area contributed by atoms with Gasteiger partial charge in [0.15, 0.2) is 5.82 Å². The molecule has 1 aliphatic heterocycles. The van der Waals surface area contributed by atoms with Crippen LogP contribution in [0.3, 0.4) is 0 Å². The summed E-state index contributed by atoms with van der Waals surface area (Å²) in [5, 5.41) is 0.503. The molecular weight excluding hydrogens is 276 g/mol. The number of hydrogen-bond acceptors (Lipinski definition) is 6. The minimum atomic E-state index is 0.348. The van der Waals surface area contributed by atoms with E-state index in [-0.39, 0.29) is 0 Å². The lowest BCUT2D eigenvalue weighted by molar-refractivity contribution is 0.812. The van der Waals surface area contributed by atoms with Gasteiger partial charge in [0.2, 0.25) is 5.95 Å². The largest absolute Gasteiger partial charge is 0.371 e. The number of halogens is 1. The van der Waals surface area contributed by atoms with Crippen LogP contribution in [0, 0.1) is 0 Å².